The van der Waals surface area contributed by atoms with Crippen molar-refractivity contribution in [3.05, 3.63) is 0 Å². The first-order valence-corrected chi connectivity index (χ1v) is 8.21. The van der Waals surface area contributed by atoms with Crippen LogP contribution in [0.1, 0.15) is 52.4 Å². The number of aliphatic carboxylic acids is 2. The first-order chi connectivity index (χ1) is 11.0. The Bertz CT molecular complexity index is 243. The maximum Gasteiger partial charge on any atom is 0.303 e. The second kappa shape index (κ2) is 20.8. The van der Waals surface area contributed by atoms with Crippen LogP contribution in [0.5, 0.6) is 0 Å². The molecule has 0 bridgehead atoms. The molecule has 0 aliphatic carbocycles. The van der Waals surface area contributed by atoms with Gasteiger partial charge in [0.25, 0.3) is 0 Å². The van der Waals surface area contributed by atoms with E-state index in [4.69, 9.17) is 24.4 Å². The summed E-state index contributed by atoms with van der Waals surface area (Å²) in [5.41, 5.74) is 0. The van der Waals surface area contributed by atoms with Crippen LogP contribution in [0.15, 0.2) is 0 Å². The highest BCUT2D eigenvalue weighted by Gasteiger charge is 2.00. The van der Waals surface area contributed by atoms with E-state index in [0.717, 1.165) is 26.1 Å². The van der Waals surface area contributed by atoms with Crippen LogP contribution in [0.4, 0.5) is 0 Å². The van der Waals surface area contributed by atoms with E-state index in [1.165, 1.54) is 12.8 Å². The lowest BCUT2D eigenvalue weighted by Gasteiger charge is -2.06. The average Bonchev–Trinajstić information content (AvgIpc) is 2.51. The molecule has 7 nitrogen and oxygen atoms in total. The van der Waals surface area contributed by atoms with Crippen LogP contribution >= 0.6 is 0 Å². The number of rotatable bonds is 15. The second-order valence-electron chi connectivity index (χ2n) is 4.83. The summed E-state index contributed by atoms with van der Waals surface area (Å²) in [6.45, 7) is 8.80. The number of carboxylic acids is 2. The highest BCUT2D eigenvalue weighted by molar-refractivity contribution is 5.75. The van der Waals surface area contributed by atoms with E-state index in [-0.39, 0.29) is 12.8 Å². The zero-order valence-corrected chi connectivity index (χ0v) is 14.4. The lowest BCUT2D eigenvalue weighted by atomic mass is 10.3. The molecule has 0 rings (SSSR count). The van der Waals surface area contributed by atoms with Gasteiger partial charge in [-0.2, -0.15) is 0 Å². The van der Waals surface area contributed by atoms with Crippen LogP contribution in [0.3, 0.4) is 0 Å². The highest BCUT2D eigenvalue weighted by Crippen LogP contribution is 1.89. The third-order valence-corrected chi connectivity index (χ3v) is 2.58. The minimum absolute atomic E-state index is 0.296. The first-order valence-electron chi connectivity index (χ1n) is 8.21. The molecule has 0 atom stereocenters. The van der Waals surface area contributed by atoms with Gasteiger partial charge in [-0.25, -0.2) is 0 Å². The maximum absolute atomic E-state index is 9.64. The summed E-state index contributed by atoms with van der Waals surface area (Å²) < 4.78 is 16.1. The van der Waals surface area contributed by atoms with Crippen molar-refractivity contribution in [3.63, 3.8) is 0 Å². The van der Waals surface area contributed by atoms with E-state index < -0.39 is 11.9 Å². The number of hydrogen-bond donors (Lipinski definition) is 2. The molecule has 0 aromatic heterocycles. The standard InChI is InChI=1S/C12H26O3.C4H6O4/c1-3-5-7-13-9-11-15-12-10-14-8-6-4-2;5-3(6)1-2-4(7)8/h3-12H2,1-2H3;1-2H2,(H,5,6)(H,7,8). The predicted molar refractivity (Wildman–Crippen MR) is 86.8 cm³/mol. The normalized spacial score (nSPS) is 10.0. The molecule has 0 aromatic rings. The largest absolute Gasteiger partial charge is 0.481 e. The van der Waals surface area contributed by atoms with Crippen molar-refractivity contribution < 1.29 is 34.0 Å². The van der Waals surface area contributed by atoms with E-state index in [9.17, 15) is 9.59 Å². The van der Waals surface area contributed by atoms with Crippen LogP contribution in [-0.2, 0) is 23.8 Å². The van der Waals surface area contributed by atoms with Crippen LogP contribution in [0.25, 0.3) is 0 Å². The minimum atomic E-state index is -1.08. The van der Waals surface area contributed by atoms with Gasteiger partial charge in [-0.05, 0) is 12.8 Å². The van der Waals surface area contributed by atoms with E-state index in [1.54, 1.807) is 0 Å². The first kappa shape index (κ1) is 24.1. The fourth-order valence-corrected chi connectivity index (χ4v) is 1.25. The molecule has 0 aliphatic rings. The summed E-state index contributed by atoms with van der Waals surface area (Å²) >= 11 is 0. The van der Waals surface area contributed by atoms with Gasteiger partial charge in [0.1, 0.15) is 0 Å². The molecule has 0 spiro atoms. The Morgan fingerprint density at radius 1 is 0.652 bits per heavy atom. The van der Waals surface area contributed by atoms with Crippen molar-refractivity contribution in [2.45, 2.75) is 52.4 Å². The number of carboxylic acid groups (broad SMARTS) is 2. The van der Waals surface area contributed by atoms with Crippen LogP contribution < -0.4 is 0 Å². The summed E-state index contributed by atoms with van der Waals surface area (Å²) in [6.07, 6.45) is 4.06. The lowest BCUT2D eigenvalue weighted by Crippen LogP contribution is -2.10. The molecule has 0 aliphatic heterocycles. The molecular weight excluding hydrogens is 304 g/mol. The summed E-state index contributed by atoms with van der Waals surface area (Å²) in [7, 11) is 0. The van der Waals surface area contributed by atoms with Crippen molar-refractivity contribution in [3.8, 4) is 0 Å². The number of hydrogen-bond acceptors (Lipinski definition) is 5. The van der Waals surface area contributed by atoms with Gasteiger partial charge >= 0.3 is 11.9 Å². The molecule has 138 valence electrons. The predicted octanol–water partition coefficient (Wildman–Crippen LogP) is 2.57. The van der Waals surface area contributed by atoms with Gasteiger partial charge in [0, 0.05) is 13.2 Å². The van der Waals surface area contributed by atoms with E-state index >= 15 is 0 Å². The molecule has 0 radical (unpaired) electrons. The van der Waals surface area contributed by atoms with Gasteiger partial charge in [0.15, 0.2) is 0 Å². The molecule has 0 saturated heterocycles. The monoisotopic (exact) mass is 336 g/mol. The van der Waals surface area contributed by atoms with Gasteiger partial charge in [-0.3, -0.25) is 9.59 Å². The molecule has 0 unspecified atom stereocenters. The van der Waals surface area contributed by atoms with Gasteiger partial charge in [-0.15, -0.1) is 0 Å². The zero-order valence-electron chi connectivity index (χ0n) is 14.4. The summed E-state index contributed by atoms with van der Waals surface area (Å²) in [5.74, 6) is -2.15. The Kier molecular flexibility index (Phi) is 21.8. The molecule has 23 heavy (non-hydrogen) atoms. The van der Waals surface area contributed by atoms with Gasteiger partial charge in [0.2, 0.25) is 0 Å². The number of carbonyl (C=O) groups is 2. The van der Waals surface area contributed by atoms with Crippen molar-refractivity contribution in [1.82, 2.24) is 0 Å². The Hall–Kier alpha value is -1.18. The van der Waals surface area contributed by atoms with Gasteiger partial charge in [-0.1, -0.05) is 26.7 Å². The van der Waals surface area contributed by atoms with Crippen molar-refractivity contribution in [2.24, 2.45) is 0 Å². The van der Waals surface area contributed by atoms with Crippen LogP contribution in [0.2, 0.25) is 0 Å². The number of ether oxygens (including phenoxy) is 3. The summed E-state index contributed by atoms with van der Waals surface area (Å²) in [5, 5.41) is 15.8. The molecule has 0 fully saturated rings. The zero-order chi connectivity index (χ0) is 17.8. The second-order valence-corrected chi connectivity index (χ2v) is 4.83. The Balaban J connectivity index is 0. The summed E-state index contributed by atoms with van der Waals surface area (Å²) in [6, 6.07) is 0. The summed E-state index contributed by atoms with van der Waals surface area (Å²) in [4.78, 5) is 19.3. The van der Waals surface area contributed by atoms with E-state index in [0.29, 0.717) is 26.4 Å². The van der Waals surface area contributed by atoms with Crippen molar-refractivity contribution in [2.75, 3.05) is 39.6 Å². The highest BCUT2D eigenvalue weighted by atomic mass is 16.5. The topological polar surface area (TPSA) is 102 Å². The number of unbranched alkanes of at least 4 members (excludes halogenated alkanes) is 2. The Morgan fingerprint density at radius 3 is 1.22 bits per heavy atom. The molecule has 2 N–H and O–H groups in total. The molecule has 0 aromatic carbocycles. The molecule has 7 heteroatoms. The van der Waals surface area contributed by atoms with Crippen molar-refractivity contribution in [1.29, 1.82) is 0 Å². The fourth-order valence-electron chi connectivity index (χ4n) is 1.25. The van der Waals surface area contributed by atoms with E-state index in [2.05, 4.69) is 13.8 Å². The van der Waals surface area contributed by atoms with E-state index in [1.807, 2.05) is 0 Å². The molecule has 0 saturated carbocycles. The van der Waals surface area contributed by atoms with Gasteiger partial charge < -0.3 is 24.4 Å². The fraction of sp³-hybridized carbons (Fsp3) is 0.875. The SMILES string of the molecule is CCCCOCCOCCOCCCC.O=C(O)CCC(=O)O. The van der Waals surface area contributed by atoms with Gasteiger partial charge in [0.05, 0.1) is 39.3 Å². The Labute approximate surface area is 138 Å². The average molecular weight is 336 g/mol. The van der Waals surface area contributed by atoms with Crippen molar-refractivity contribution >= 4 is 11.9 Å². The Morgan fingerprint density at radius 2 is 0.957 bits per heavy atom. The van der Waals surface area contributed by atoms with Crippen LogP contribution in [0, 0.1) is 0 Å². The smallest absolute Gasteiger partial charge is 0.303 e. The maximum atomic E-state index is 9.64. The molecule has 0 amide bonds. The lowest BCUT2D eigenvalue weighted by molar-refractivity contribution is -0.143. The third-order valence-electron chi connectivity index (χ3n) is 2.58. The molecule has 0 heterocycles. The quantitative estimate of drug-likeness (QED) is 0.443. The minimum Gasteiger partial charge on any atom is -0.481 e. The third kappa shape index (κ3) is 29.5. The van der Waals surface area contributed by atoms with Crippen LogP contribution in [-0.4, -0.2) is 61.8 Å². The molecular formula is C16H32O7.